The molecule has 1 amide bonds. The van der Waals surface area contributed by atoms with Crippen LogP contribution >= 0.6 is 15.9 Å². The highest BCUT2D eigenvalue weighted by Gasteiger charge is 2.22. The van der Waals surface area contributed by atoms with E-state index in [2.05, 4.69) is 26.2 Å². The number of anilines is 1. The van der Waals surface area contributed by atoms with Gasteiger partial charge in [-0.25, -0.2) is 9.78 Å². The maximum atomic E-state index is 11.7. The first kappa shape index (κ1) is 12.6. The molecule has 0 aromatic carbocycles. The molecule has 0 unspecified atom stereocenters. The second-order valence-electron chi connectivity index (χ2n) is 3.29. The topological polar surface area (TPSA) is 81.4 Å². The van der Waals surface area contributed by atoms with Crippen molar-refractivity contribution in [3.8, 4) is 0 Å². The minimum absolute atomic E-state index is 0.0427. The Hall–Kier alpha value is -1.89. The average Bonchev–Trinajstić information content (AvgIpc) is 2.69. The summed E-state index contributed by atoms with van der Waals surface area (Å²) in [6.45, 7) is 1.91. The summed E-state index contributed by atoms with van der Waals surface area (Å²) in [4.78, 5) is 26.3. The first-order chi connectivity index (χ1) is 8.67. The molecule has 0 atom stereocenters. The van der Waals surface area contributed by atoms with Crippen molar-refractivity contribution in [2.75, 3.05) is 11.9 Å². The van der Waals surface area contributed by atoms with Gasteiger partial charge in [-0.05, 0) is 28.9 Å². The van der Waals surface area contributed by atoms with Crippen LogP contribution in [0.2, 0.25) is 0 Å². The van der Waals surface area contributed by atoms with Crippen LogP contribution in [0.15, 0.2) is 21.3 Å². The molecular formula is C11H9BrN2O4. The quantitative estimate of drug-likeness (QED) is 0.532. The van der Waals surface area contributed by atoms with Gasteiger partial charge in [-0.2, -0.15) is 0 Å². The number of carbonyl (C=O) groups excluding carboxylic acids is 2. The van der Waals surface area contributed by atoms with Crippen LogP contribution in [0.5, 0.6) is 0 Å². The SMILES string of the molecule is CCOC(=O)c1oc2cnc(Br)cc2c1NC=O. The Bertz CT molecular complexity index is 608. The zero-order valence-corrected chi connectivity index (χ0v) is 11.0. The number of nitrogens with zero attached hydrogens (tertiary/aromatic N) is 1. The van der Waals surface area contributed by atoms with Crippen LogP contribution in [0.3, 0.4) is 0 Å². The van der Waals surface area contributed by atoms with E-state index in [4.69, 9.17) is 9.15 Å². The summed E-state index contributed by atoms with van der Waals surface area (Å²) in [5.41, 5.74) is 0.673. The van der Waals surface area contributed by atoms with E-state index in [1.807, 2.05) is 0 Å². The minimum Gasteiger partial charge on any atom is -0.460 e. The number of aromatic nitrogens is 1. The van der Waals surface area contributed by atoms with Gasteiger partial charge in [0.15, 0.2) is 5.58 Å². The molecule has 0 saturated carbocycles. The first-order valence-corrected chi connectivity index (χ1v) is 5.92. The van der Waals surface area contributed by atoms with E-state index >= 15 is 0 Å². The second kappa shape index (κ2) is 5.18. The van der Waals surface area contributed by atoms with Gasteiger partial charge in [0.1, 0.15) is 10.3 Å². The van der Waals surface area contributed by atoms with Crippen molar-refractivity contribution < 1.29 is 18.7 Å². The number of rotatable bonds is 4. The highest BCUT2D eigenvalue weighted by molar-refractivity contribution is 9.10. The van der Waals surface area contributed by atoms with Gasteiger partial charge >= 0.3 is 5.97 Å². The van der Waals surface area contributed by atoms with Crippen molar-refractivity contribution >= 4 is 45.0 Å². The van der Waals surface area contributed by atoms with Gasteiger partial charge in [0, 0.05) is 5.39 Å². The molecular weight excluding hydrogens is 304 g/mol. The van der Waals surface area contributed by atoms with Crippen LogP contribution in [-0.4, -0.2) is 24.0 Å². The summed E-state index contributed by atoms with van der Waals surface area (Å²) in [6.07, 6.45) is 1.93. The van der Waals surface area contributed by atoms with E-state index in [0.717, 1.165) is 0 Å². The van der Waals surface area contributed by atoms with Crippen molar-refractivity contribution in [1.82, 2.24) is 4.98 Å². The average molecular weight is 313 g/mol. The molecule has 2 aromatic heterocycles. The molecule has 0 spiro atoms. The summed E-state index contributed by atoms with van der Waals surface area (Å²) in [5.74, 6) is -0.673. The third kappa shape index (κ3) is 2.21. The molecule has 0 aliphatic heterocycles. The summed E-state index contributed by atoms with van der Waals surface area (Å²) in [6, 6.07) is 1.65. The lowest BCUT2D eigenvalue weighted by molar-refractivity contribution is -0.105. The fourth-order valence-electron chi connectivity index (χ4n) is 1.52. The van der Waals surface area contributed by atoms with Crippen LogP contribution in [0.4, 0.5) is 5.69 Å². The lowest BCUT2D eigenvalue weighted by Gasteiger charge is -2.00. The number of amides is 1. The number of fused-ring (bicyclic) bond motifs is 1. The van der Waals surface area contributed by atoms with Gasteiger partial charge < -0.3 is 14.5 Å². The zero-order valence-electron chi connectivity index (χ0n) is 9.40. The van der Waals surface area contributed by atoms with Crippen LogP contribution in [-0.2, 0) is 9.53 Å². The molecule has 18 heavy (non-hydrogen) atoms. The number of esters is 1. The van der Waals surface area contributed by atoms with Crippen molar-refractivity contribution in [2.45, 2.75) is 6.92 Å². The third-order valence-corrected chi connectivity index (χ3v) is 2.64. The minimum atomic E-state index is -0.630. The lowest BCUT2D eigenvalue weighted by atomic mass is 10.2. The van der Waals surface area contributed by atoms with Crippen LogP contribution in [0.1, 0.15) is 17.5 Å². The summed E-state index contributed by atoms with van der Waals surface area (Å²) in [5, 5.41) is 3.02. The fraction of sp³-hybridized carbons (Fsp3) is 0.182. The van der Waals surface area contributed by atoms with Crippen molar-refractivity contribution in [1.29, 1.82) is 0 Å². The molecule has 0 bridgehead atoms. The maximum absolute atomic E-state index is 11.7. The molecule has 2 rings (SSSR count). The Morgan fingerprint density at radius 3 is 3.11 bits per heavy atom. The number of hydrogen-bond donors (Lipinski definition) is 1. The molecule has 6 nitrogen and oxygen atoms in total. The monoisotopic (exact) mass is 312 g/mol. The number of hydrogen-bond acceptors (Lipinski definition) is 5. The Morgan fingerprint density at radius 2 is 2.44 bits per heavy atom. The van der Waals surface area contributed by atoms with Crippen molar-refractivity contribution in [3.05, 3.63) is 22.6 Å². The molecule has 2 aromatic rings. The summed E-state index contributed by atoms with van der Waals surface area (Å²) >= 11 is 3.21. The van der Waals surface area contributed by atoms with Crippen molar-refractivity contribution in [3.63, 3.8) is 0 Å². The van der Waals surface area contributed by atoms with E-state index < -0.39 is 5.97 Å². The molecule has 0 radical (unpaired) electrons. The van der Waals surface area contributed by atoms with E-state index in [0.29, 0.717) is 22.0 Å². The Balaban J connectivity index is 2.61. The van der Waals surface area contributed by atoms with Crippen LogP contribution < -0.4 is 5.32 Å². The standard InChI is InChI=1S/C11H9BrN2O4/c1-2-17-11(16)10-9(14-5-15)6-3-8(12)13-4-7(6)18-10/h3-5H,2H2,1H3,(H,14,15). The molecule has 0 fully saturated rings. The molecule has 0 aliphatic rings. The molecule has 0 aliphatic carbocycles. The molecule has 0 saturated heterocycles. The molecule has 94 valence electrons. The molecule has 1 N–H and O–H groups in total. The predicted molar refractivity (Wildman–Crippen MR) is 67.4 cm³/mol. The Kier molecular flexibility index (Phi) is 3.61. The smallest absolute Gasteiger partial charge is 0.376 e. The van der Waals surface area contributed by atoms with E-state index in [1.54, 1.807) is 13.0 Å². The highest BCUT2D eigenvalue weighted by Crippen LogP contribution is 2.32. The van der Waals surface area contributed by atoms with E-state index in [9.17, 15) is 9.59 Å². The Morgan fingerprint density at radius 1 is 1.67 bits per heavy atom. The normalized spacial score (nSPS) is 10.3. The van der Waals surface area contributed by atoms with Crippen LogP contribution in [0.25, 0.3) is 11.0 Å². The second-order valence-corrected chi connectivity index (χ2v) is 4.10. The largest absolute Gasteiger partial charge is 0.460 e. The van der Waals surface area contributed by atoms with Gasteiger partial charge in [-0.15, -0.1) is 0 Å². The summed E-state index contributed by atoms with van der Waals surface area (Å²) in [7, 11) is 0. The molecule has 2 heterocycles. The van der Waals surface area contributed by atoms with Crippen molar-refractivity contribution in [2.24, 2.45) is 0 Å². The number of furan rings is 1. The van der Waals surface area contributed by atoms with E-state index in [1.165, 1.54) is 6.20 Å². The maximum Gasteiger partial charge on any atom is 0.376 e. The molecule has 7 heteroatoms. The van der Waals surface area contributed by atoms with E-state index in [-0.39, 0.29) is 18.1 Å². The van der Waals surface area contributed by atoms with Gasteiger partial charge in [-0.3, -0.25) is 4.79 Å². The fourth-order valence-corrected chi connectivity index (χ4v) is 1.85. The number of pyridine rings is 1. The number of halogens is 1. The summed E-state index contributed by atoms with van der Waals surface area (Å²) < 4.78 is 10.8. The van der Waals surface area contributed by atoms with Crippen LogP contribution in [0, 0.1) is 0 Å². The van der Waals surface area contributed by atoms with Gasteiger partial charge in [0.25, 0.3) is 0 Å². The number of ether oxygens (including phenoxy) is 1. The first-order valence-electron chi connectivity index (χ1n) is 5.12. The third-order valence-electron chi connectivity index (χ3n) is 2.21. The van der Waals surface area contributed by atoms with Gasteiger partial charge in [0.05, 0.1) is 12.8 Å². The number of carbonyl (C=O) groups is 2. The number of nitrogens with one attached hydrogen (secondary N) is 1. The zero-order chi connectivity index (χ0) is 13.1. The lowest BCUT2D eigenvalue weighted by Crippen LogP contribution is -2.06. The Labute approximate surface area is 110 Å². The van der Waals surface area contributed by atoms with Gasteiger partial charge in [0.2, 0.25) is 12.2 Å². The van der Waals surface area contributed by atoms with Gasteiger partial charge in [-0.1, -0.05) is 0 Å². The highest BCUT2D eigenvalue weighted by atomic mass is 79.9. The predicted octanol–water partition coefficient (Wildman–Crippen LogP) is 2.34.